The van der Waals surface area contributed by atoms with Crippen LogP contribution in [-0.4, -0.2) is 0 Å². The molecule has 2 heterocycles. The number of hydrogen-bond donors (Lipinski definition) is 0. The molecule has 2 aromatic carbocycles. The lowest BCUT2D eigenvalue weighted by molar-refractivity contribution is 0.540. The predicted molar refractivity (Wildman–Crippen MR) is 115 cm³/mol. The Balaban J connectivity index is 1.87. The van der Waals surface area contributed by atoms with Crippen LogP contribution < -0.4 is 5.63 Å². The van der Waals surface area contributed by atoms with Crippen molar-refractivity contribution < 1.29 is 8.83 Å². The molecule has 0 aliphatic carbocycles. The van der Waals surface area contributed by atoms with Gasteiger partial charge in [-0.2, -0.15) is 0 Å². The van der Waals surface area contributed by atoms with Crippen LogP contribution in [0.3, 0.4) is 0 Å². The Morgan fingerprint density at radius 3 is 2.36 bits per heavy atom. The Morgan fingerprint density at radius 2 is 1.61 bits per heavy atom. The molecule has 0 spiro atoms. The third-order valence-electron chi connectivity index (χ3n) is 5.61. The van der Waals surface area contributed by atoms with E-state index >= 15 is 0 Å². The zero-order valence-electron chi connectivity index (χ0n) is 16.8. The van der Waals surface area contributed by atoms with Gasteiger partial charge in [-0.15, -0.1) is 0 Å². The number of benzene rings is 2. The van der Waals surface area contributed by atoms with Crippen LogP contribution in [0.2, 0.25) is 0 Å². The van der Waals surface area contributed by atoms with Crippen molar-refractivity contribution in [2.45, 2.75) is 52.9 Å². The van der Waals surface area contributed by atoms with E-state index in [4.69, 9.17) is 8.83 Å². The summed E-state index contributed by atoms with van der Waals surface area (Å²) in [7, 11) is 0. The van der Waals surface area contributed by atoms with Gasteiger partial charge in [-0.25, -0.2) is 4.79 Å². The largest absolute Gasteiger partial charge is 0.461 e. The summed E-state index contributed by atoms with van der Waals surface area (Å²) in [5.41, 5.74) is 5.21. The van der Waals surface area contributed by atoms with Crippen LogP contribution in [0.4, 0.5) is 0 Å². The van der Waals surface area contributed by atoms with Crippen molar-refractivity contribution in [2.75, 3.05) is 0 Å². The van der Waals surface area contributed by atoms with Gasteiger partial charge >= 0.3 is 5.63 Å². The summed E-state index contributed by atoms with van der Waals surface area (Å²) >= 11 is 0. The SMILES string of the molecule is CCCCCCc1c(C)c2cc3c(-c4ccccc4)c(C)oc3cc2oc1=O. The molecule has 28 heavy (non-hydrogen) atoms. The molecule has 0 aliphatic heterocycles. The van der Waals surface area contributed by atoms with Gasteiger partial charge < -0.3 is 8.83 Å². The molecule has 0 radical (unpaired) electrons. The molecule has 4 aromatic rings. The summed E-state index contributed by atoms with van der Waals surface area (Å²) in [6, 6.07) is 14.3. The fraction of sp³-hybridized carbons (Fsp3) is 0.320. The second-order valence-electron chi connectivity index (χ2n) is 7.55. The van der Waals surface area contributed by atoms with Crippen LogP contribution in [0.5, 0.6) is 0 Å². The third kappa shape index (κ3) is 3.26. The van der Waals surface area contributed by atoms with E-state index in [1.807, 2.05) is 38.1 Å². The molecule has 3 nitrogen and oxygen atoms in total. The molecule has 0 atom stereocenters. The lowest BCUT2D eigenvalue weighted by atomic mass is 9.97. The topological polar surface area (TPSA) is 43.4 Å². The zero-order chi connectivity index (χ0) is 19.7. The van der Waals surface area contributed by atoms with E-state index in [9.17, 15) is 4.79 Å². The van der Waals surface area contributed by atoms with Gasteiger partial charge in [-0.05, 0) is 43.9 Å². The monoisotopic (exact) mass is 374 g/mol. The smallest absolute Gasteiger partial charge is 0.339 e. The molecule has 3 heteroatoms. The number of furan rings is 1. The average Bonchev–Trinajstić information content (AvgIpc) is 3.01. The number of rotatable bonds is 6. The lowest BCUT2D eigenvalue weighted by Crippen LogP contribution is -2.10. The quantitative estimate of drug-likeness (QED) is 0.271. The number of hydrogen-bond acceptors (Lipinski definition) is 3. The van der Waals surface area contributed by atoms with Crippen LogP contribution in [0.15, 0.2) is 56.1 Å². The molecule has 0 saturated heterocycles. The maximum absolute atomic E-state index is 12.6. The van der Waals surface area contributed by atoms with Crippen LogP contribution in [-0.2, 0) is 6.42 Å². The molecule has 2 aromatic heterocycles. The van der Waals surface area contributed by atoms with Crippen LogP contribution in [0.1, 0.15) is 49.5 Å². The minimum Gasteiger partial charge on any atom is -0.461 e. The number of aryl methyl sites for hydroxylation is 2. The van der Waals surface area contributed by atoms with Gasteiger partial charge in [-0.3, -0.25) is 0 Å². The first-order valence-corrected chi connectivity index (χ1v) is 10.1. The van der Waals surface area contributed by atoms with Crippen molar-refractivity contribution in [2.24, 2.45) is 0 Å². The zero-order valence-corrected chi connectivity index (χ0v) is 16.8. The minimum atomic E-state index is -0.215. The van der Waals surface area contributed by atoms with Gasteiger partial charge in [0.05, 0.1) is 0 Å². The van der Waals surface area contributed by atoms with E-state index in [2.05, 4.69) is 25.1 Å². The van der Waals surface area contributed by atoms with E-state index < -0.39 is 0 Å². The van der Waals surface area contributed by atoms with E-state index in [0.29, 0.717) is 5.58 Å². The summed E-state index contributed by atoms with van der Waals surface area (Å²) in [6.45, 7) is 6.21. The summed E-state index contributed by atoms with van der Waals surface area (Å²) in [5, 5.41) is 2.06. The highest BCUT2D eigenvalue weighted by molar-refractivity contribution is 6.03. The molecule has 0 N–H and O–H groups in total. The van der Waals surface area contributed by atoms with Gasteiger partial charge in [-0.1, -0.05) is 56.5 Å². The molecule has 0 bridgehead atoms. The molecule has 0 aliphatic rings. The van der Waals surface area contributed by atoms with Crippen molar-refractivity contribution in [3.63, 3.8) is 0 Å². The molecule has 0 unspecified atom stereocenters. The molecular formula is C25H26O3. The molecule has 0 amide bonds. The summed E-state index contributed by atoms with van der Waals surface area (Å²) in [6.07, 6.45) is 5.33. The van der Waals surface area contributed by atoms with Gasteiger partial charge in [0.2, 0.25) is 0 Å². The van der Waals surface area contributed by atoms with E-state index in [1.54, 1.807) is 0 Å². The Bertz CT molecular complexity index is 1180. The highest BCUT2D eigenvalue weighted by atomic mass is 16.4. The van der Waals surface area contributed by atoms with Crippen molar-refractivity contribution in [1.82, 2.24) is 0 Å². The highest BCUT2D eigenvalue weighted by Crippen LogP contribution is 2.37. The van der Waals surface area contributed by atoms with Crippen molar-refractivity contribution in [3.8, 4) is 11.1 Å². The standard InChI is InChI=1S/C25H26O3/c1-4-5-6-10-13-19-16(2)20-14-21-23(15-22(20)28-25(19)26)27-17(3)24(21)18-11-8-7-9-12-18/h7-9,11-12,14-15H,4-6,10,13H2,1-3H3. The van der Waals surface area contributed by atoms with Gasteiger partial charge in [0.25, 0.3) is 0 Å². The van der Waals surface area contributed by atoms with Gasteiger partial charge in [0, 0.05) is 28.0 Å². The normalized spacial score (nSPS) is 11.5. The average molecular weight is 374 g/mol. The summed E-state index contributed by atoms with van der Waals surface area (Å²) in [5.74, 6) is 0.872. The van der Waals surface area contributed by atoms with E-state index in [0.717, 1.165) is 63.6 Å². The molecule has 144 valence electrons. The van der Waals surface area contributed by atoms with Gasteiger partial charge in [0.15, 0.2) is 0 Å². The third-order valence-corrected chi connectivity index (χ3v) is 5.61. The molecular weight excluding hydrogens is 348 g/mol. The van der Waals surface area contributed by atoms with Crippen molar-refractivity contribution >= 4 is 21.9 Å². The number of fused-ring (bicyclic) bond motifs is 2. The fourth-order valence-electron chi connectivity index (χ4n) is 4.08. The van der Waals surface area contributed by atoms with E-state index in [1.165, 1.54) is 12.8 Å². The number of unbranched alkanes of at least 4 members (excludes halogenated alkanes) is 3. The Labute approximate surface area is 165 Å². The second kappa shape index (κ2) is 7.67. The molecule has 0 fully saturated rings. The fourth-order valence-corrected chi connectivity index (χ4v) is 4.08. The van der Waals surface area contributed by atoms with Crippen LogP contribution in [0.25, 0.3) is 33.1 Å². The highest BCUT2D eigenvalue weighted by Gasteiger charge is 2.17. The first-order chi connectivity index (χ1) is 13.6. The summed E-state index contributed by atoms with van der Waals surface area (Å²) < 4.78 is 11.7. The molecule has 4 rings (SSSR count). The first kappa shape index (κ1) is 18.5. The summed E-state index contributed by atoms with van der Waals surface area (Å²) in [4.78, 5) is 12.6. The second-order valence-corrected chi connectivity index (χ2v) is 7.55. The Morgan fingerprint density at radius 1 is 0.857 bits per heavy atom. The van der Waals surface area contributed by atoms with Crippen molar-refractivity contribution in [3.05, 3.63) is 69.8 Å². The Hall–Kier alpha value is -2.81. The van der Waals surface area contributed by atoms with Gasteiger partial charge in [0.1, 0.15) is 16.9 Å². The Kier molecular flexibility index (Phi) is 5.08. The lowest BCUT2D eigenvalue weighted by Gasteiger charge is -2.08. The van der Waals surface area contributed by atoms with Crippen LogP contribution in [0, 0.1) is 13.8 Å². The van der Waals surface area contributed by atoms with Crippen molar-refractivity contribution in [1.29, 1.82) is 0 Å². The van der Waals surface area contributed by atoms with Crippen LogP contribution >= 0.6 is 0 Å². The van der Waals surface area contributed by atoms with E-state index in [-0.39, 0.29) is 5.63 Å². The minimum absolute atomic E-state index is 0.215. The first-order valence-electron chi connectivity index (χ1n) is 10.1. The maximum atomic E-state index is 12.6. The predicted octanol–water partition coefficient (Wildman–Crippen LogP) is 6.95. The maximum Gasteiger partial charge on any atom is 0.339 e. The molecule has 0 saturated carbocycles.